The smallest absolute Gasteiger partial charge is 0.319 e. The number of carbonyl (C=O) groups excluding carboxylic acids is 1. The molecule has 34 heavy (non-hydrogen) atoms. The van der Waals surface area contributed by atoms with Crippen LogP contribution in [0.15, 0.2) is 84.0 Å². The maximum absolute atomic E-state index is 12.7. The number of thioether (sulfide) groups is 1. The van der Waals surface area contributed by atoms with Crippen LogP contribution in [0.2, 0.25) is 0 Å². The van der Waals surface area contributed by atoms with E-state index in [1.54, 1.807) is 31.0 Å². The molecule has 0 spiro atoms. The number of carbonyl (C=O) groups is 1. The molecule has 0 bridgehead atoms. The second-order valence-corrected chi connectivity index (χ2v) is 8.75. The molecular formula is C26H27N5O2S. The number of amides is 2. The molecule has 7 nitrogen and oxygen atoms in total. The van der Waals surface area contributed by atoms with Crippen LogP contribution < -0.4 is 15.4 Å². The van der Waals surface area contributed by atoms with E-state index in [0.29, 0.717) is 17.3 Å². The van der Waals surface area contributed by atoms with Crippen LogP contribution in [0.3, 0.4) is 0 Å². The van der Waals surface area contributed by atoms with Crippen LogP contribution in [-0.4, -0.2) is 27.9 Å². The van der Waals surface area contributed by atoms with E-state index in [4.69, 9.17) is 4.74 Å². The molecule has 1 unspecified atom stereocenters. The standard InChI is InChI=1S/C26H27N5O2S/c1-18-13-15-21(16-14-18)31-24(29-30-26(31)34-17-20-9-5-4-6-10-20)19(2)27-25(32)28-22-11-7-8-12-23(22)33-3/h4-16,19H,17H2,1-3H3,(H2,27,28,32). The van der Waals surface area contributed by atoms with Gasteiger partial charge in [0, 0.05) is 11.4 Å². The first-order valence-electron chi connectivity index (χ1n) is 10.9. The van der Waals surface area contributed by atoms with Crippen LogP contribution in [0.1, 0.15) is 29.9 Å². The topological polar surface area (TPSA) is 81.1 Å². The molecule has 8 heteroatoms. The Morgan fingerprint density at radius 3 is 2.44 bits per heavy atom. The highest BCUT2D eigenvalue weighted by Gasteiger charge is 2.21. The van der Waals surface area contributed by atoms with Crippen molar-refractivity contribution in [1.82, 2.24) is 20.1 Å². The number of hydrogen-bond acceptors (Lipinski definition) is 5. The fourth-order valence-corrected chi connectivity index (χ4v) is 4.40. The Labute approximate surface area is 203 Å². The summed E-state index contributed by atoms with van der Waals surface area (Å²) in [5.41, 5.74) is 3.91. The van der Waals surface area contributed by atoms with Gasteiger partial charge in [0.1, 0.15) is 5.75 Å². The fraction of sp³-hybridized carbons (Fsp3) is 0.192. The van der Waals surface area contributed by atoms with Gasteiger partial charge in [0.25, 0.3) is 0 Å². The molecule has 174 valence electrons. The van der Waals surface area contributed by atoms with E-state index in [9.17, 15) is 4.79 Å². The number of nitrogens with zero attached hydrogens (tertiary/aromatic N) is 3. The van der Waals surface area contributed by atoms with Gasteiger partial charge in [-0.05, 0) is 43.7 Å². The summed E-state index contributed by atoms with van der Waals surface area (Å²) in [6.45, 7) is 3.94. The molecule has 0 aliphatic carbocycles. The van der Waals surface area contributed by atoms with E-state index in [1.165, 1.54) is 11.1 Å². The largest absolute Gasteiger partial charge is 0.495 e. The van der Waals surface area contributed by atoms with Gasteiger partial charge < -0.3 is 15.4 Å². The van der Waals surface area contributed by atoms with Gasteiger partial charge in [-0.3, -0.25) is 4.57 Å². The number of para-hydroxylation sites is 2. The molecule has 4 aromatic rings. The minimum Gasteiger partial charge on any atom is -0.495 e. The average Bonchev–Trinajstić information content (AvgIpc) is 3.28. The van der Waals surface area contributed by atoms with Crippen molar-refractivity contribution in [3.8, 4) is 11.4 Å². The Kier molecular flexibility index (Phi) is 7.49. The molecule has 1 atom stereocenters. The predicted octanol–water partition coefficient (Wildman–Crippen LogP) is 5.76. The first-order chi connectivity index (χ1) is 16.5. The van der Waals surface area contributed by atoms with E-state index in [1.807, 2.05) is 60.9 Å². The monoisotopic (exact) mass is 473 g/mol. The summed E-state index contributed by atoms with van der Waals surface area (Å²) in [5, 5.41) is 15.5. The number of methoxy groups -OCH3 is 1. The average molecular weight is 474 g/mol. The third-order valence-corrected chi connectivity index (χ3v) is 6.25. The molecule has 3 aromatic carbocycles. The summed E-state index contributed by atoms with van der Waals surface area (Å²) >= 11 is 1.61. The first-order valence-corrected chi connectivity index (χ1v) is 11.9. The van der Waals surface area contributed by atoms with Gasteiger partial charge in [-0.2, -0.15) is 0 Å². The van der Waals surface area contributed by atoms with E-state index in [2.05, 4.69) is 45.1 Å². The molecule has 0 aliphatic heterocycles. The molecule has 2 N–H and O–H groups in total. The first kappa shape index (κ1) is 23.4. The molecule has 1 heterocycles. The number of aromatic nitrogens is 3. The number of nitrogens with one attached hydrogen (secondary N) is 2. The highest BCUT2D eigenvalue weighted by Crippen LogP contribution is 2.28. The second-order valence-electron chi connectivity index (χ2n) is 7.81. The normalized spacial score (nSPS) is 11.6. The van der Waals surface area contributed by atoms with Gasteiger partial charge in [-0.15, -0.1) is 10.2 Å². The highest BCUT2D eigenvalue weighted by atomic mass is 32.2. The Balaban J connectivity index is 1.56. The number of anilines is 1. The quantitative estimate of drug-likeness (QED) is 0.318. The third-order valence-electron chi connectivity index (χ3n) is 5.25. The summed E-state index contributed by atoms with van der Waals surface area (Å²) < 4.78 is 7.32. The molecule has 4 rings (SSSR count). The van der Waals surface area contributed by atoms with Crippen molar-refractivity contribution in [3.63, 3.8) is 0 Å². The van der Waals surface area contributed by atoms with Crippen molar-refractivity contribution in [2.75, 3.05) is 12.4 Å². The van der Waals surface area contributed by atoms with Crippen molar-refractivity contribution in [3.05, 3.63) is 95.8 Å². The van der Waals surface area contributed by atoms with Gasteiger partial charge in [0.15, 0.2) is 11.0 Å². The maximum Gasteiger partial charge on any atom is 0.319 e. The van der Waals surface area contributed by atoms with Crippen LogP contribution >= 0.6 is 11.8 Å². The Bertz CT molecular complexity index is 1240. The van der Waals surface area contributed by atoms with Crippen molar-refractivity contribution >= 4 is 23.5 Å². The molecule has 0 radical (unpaired) electrons. The van der Waals surface area contributed by atoms with Crippen LogP contribution in [0.5, 0.6) is 5.75 Å². The second kappa shape index (κ2) is 10.9. The SMILES string of the molecule is COc1ccccc1NC(=O)NC(C)c1nnc(SCc2ccccc2)n1-c1ccc(C)cc1. The van der Waals surface area contributed by atoms with Crippen LogP contribution in [0, 0.1) is 6.92 Å². The zero-order valence-corrected chi connectivity index (χ0v) is 20.2. The molecule has 2 amide bonds. The predicted molar refractivity (Wildman–Crippen MR) is 136 cm³/mol. The molecule has 0 saturated carbocycles. The minimum absolute atomic E-state index is 0.353. The number of rotatable bonds is 8. The fourth-order valence-electron chi connectivity index (χ4n) is 3.48. The van der Waals surface area contributed by atoms with E-state index in [0.717, 1.165) is 16.6 Å². The Hall–Kier alpha value is -3.78. The van der Waals surface area contributed by atoms with E-state index >= 15 is 0 Å². The summed E-state index contributed by atoms with van der Waals surface area (Å²) in [6.07, 6.45) is 0. The van der Waals surface area contributed by atoms with Crippen LogP contribution in [-0.2, 0) is 5.75 Å². The van der Waals surface area contributed by atoms with Gasteiger partial charge in [0.05, 0.1) is 18.8 Å². The van der Waals surface area contributed by atoms with E-state index in [-0.39, 0.29) is 6.03 Å². The summed E-state index contributed by atoms with van der Waals surface area (Å²) in [5.74, 6) is 2.00. The Morgan fingerprint density at radius 1 is 1.00 bits per heavy atom. The van der Waals surface area contributed by atoms with E-state index < -0.39 is 6.04 Å². The molecule has 0 aliphatic rings. The highest BCUT2D eigenvalue weighted by molar-refractivity contribution is 7.98. The van der Waals surface area contributed by atoms with Crippen molar-refractivity contribution in [2.45, 2.75) is 30.8 Å². The number of ether oxygens (including phenoxy) is 1. The summed E-state index contributed by atoms with van der Waals surface area (Å²) in [7, 11) is 1.57. The van der Waals surface area contributed by atoms with Gasteiger partial charge in [-0.25, -0.2) is 4.79 Å². The van der Waals surface area contributed by atoms with Crippen LogP contribution in [0.4, 0.5) is 10.5 Å². The zero-order valence-electron chi connectivity index (χ0n) is 19.4. The molecule has 0 fully saturated rings. The number of aryl methyl sites for hydroxylation is 1. The lowest BCUT2D eigenvalue weighted by atomic mass is 10.2. The maximum atomic E-state index is 12.7. The van der Waals surface area contributed by atoms with Gasteiger partial charge >= 0.3 is 6.03 Å². The van der Waals surface area contributed by atoms with Crippen LogP contribution in [0.25, 0.3) is 5.69 Å². The van der Waals surface area contributed by atoms with Gasteiger partial charge in [-0.1, -0.05) is 71.9 Å². The van der Waals surface area contributed by atoms with Crippen molar-refractivity contribution in [1.29, 1.82) is 0 Å². The van der Waals surface area contributed by atoms with Crippen molar-refractivity contribution in [2.24, 2.45) is 0 Å². The Morgan fingerprint density at radius 2 is 1.71 bits per heavy atom. The number of urea groups is 1. The third kappa shape index (κ3) is 5.58. The molecule has 0 saturated heterocycles. The number of hydrogen-bond donors (Lipinski definition) is 2. The minimum atomic E-state index is -0.394. The zero-order chi connectivity index (χ0) is 23.9. The van der Waals surface area contributed by atoms with Gasteiger partial charge in [0.2, 0.25) is 0 Å². The lowest BCUT2D eigenvalue weighted by Crippen LogP contribution is -2.32. The summed E-state index contributed by atoms with van der Waals surface area (Å²) in [4.78, 5) is 12.7. The molecular weight excluding hydrogens is 446 g/mol. The summed E-state index contributed by atoms with van der Waals surface area (Å²) in [6, 6.07) is 24.9. The lowest BCUT2D eigenvalue weighted by Gasteiger charge is -2.17. The molecule has 1 aromatic heterocycles. The number of benzene rings is 3. The van der Waals surface area contributed by atoms with Crippen molar-refractivity contribution < 1.29 is 9.53 Å². The lowest BCUT2D eigenvalue weighted by molar-refractivity contribution is 0.248.